The summed E-state index contributed by atoms with van der Waals surface area (Å²) in [6.45, 7) is 5.30. The van der Waals surface area contributed by atoms with Crippen LogP contribution in [-0.2, 0) is 26.2 Å². The monoisotopic (exact) mass is 553 g/mol. The molecule has 1 N–H and O–H groups in total. The van der Waals surface area contributed by atoms with E-state index < -0.39 is 22.0 Å². The maximum absolute atomic E-state index is 13.4. The lowest BCUT2D eigenvalue weighted by molar-refractivity contribution is -0.141. The Morgan fingerprint density at radius 3 is 2.28 bits per heavy atom. The molecule has 1 heterocycles. The molecule has 194 valence electrons. The van der Waals surface area contributed by atoms with Crippen molar-refractivity contribution in [3.8, 4) is 0 Å². The molecule has 8 nitrogen and oxygen atoms in total. The molecule has 0 spiro atoms. The molecule has 2 aromatic rings. The Morgan fingerprint density at radius 1 is 1.06 bits per heavy atom. The van der Waals surface area contributed by atoms with Crippen molar-refractivity contribution in [2.24, 2.45) is 0 Å². The standard InChI is InChI=1S/C25H29Cl2N3O5S/c1-4-21(24(32)28-16(2)3)29(15-18-19(26)10-7-11-20(18)27)23(31)13-8-14-30-25(33)17-9-5-6-12-22(17)36(30,34)35/h5-7,9-12,16,21H,4,8,13-15H2,1-3H3,(H,28,32)/t21-/m1/s1. The van der Waals surface area contributed by atoms with Crippen LogP contribution >= 0.6 is 23.2 Å². The first-order chi connectivity index (χ1) is 17.0. The zero-order chi connectivity index (χ0) is 26.6. The Hall–Kier alpha value is -2.62. The smallest absolute Gasteiger partial charge is 0.269 e. The van der Waals surface area contributed by atoms with Gasteiger partial charge in [0, 0.05) is 41.2 Å². The van der Waals surface area contributed by atoms with Crippen molar-refractivity contribution in [2.45, 2.75) is 63.6 Å². The summed E-state index contributed by atoms with van der Waals surface area (Å²) in [4.78, 5) is 40.4. The summed E-state index contributed by atoms with van der Waals surface area (Å²) in [7, 11) is -3.96. The number of nitrogens with one attached hydrogen (secondary N) is 1. The van der Waals surface area contributed by atoms with Gasteiger partial charge in [-0.2, -0.15) is 0 Å². The van der Waals surface area contributed by atoms with Crippen LogP contribution in [0.4, 0.5) is 0 Å². The molecule has 0 saturated carbocycles. The molecule has 36 heavy (non-hydrogen) atoms. The largest absolute Gasteiger partial charge is 0.352 e. The highest BCUT2D eigenvalue weighted by Gasteiger charge is 2.40. The van der Waals surface area contributed by atoms with Gasteiger partial charge >= 0.3 is 0 Å². The Morgan fingerprint density at radius 2 is 1.69 bits per heavy atom. The lowest BCUT2D eigenvalue weighted by Gasteiger charge is -2.32. The molecular formula is C25H29Cl2N3O5S. The number of rotatable bonds is 10. The van der Waals surface area contributed by atoms with E-state index in [1.54, 1.807) is 37.3 Å². The second-order valence-corrected chi connectivity index (χ2v) is 11.4. The van der Waals surface area contributed by atoms with Crippen LogP contribution in [0, 0.1) is 0 Å². The highest BCUT2D eigenvalue weighted by molar-refractivity contribution is 7.90. The van der Waals surface area contributed by atoms with E-state index >= 15 is 0 Å². The van der Waals surface area contributed by atoms with Crippen molar-refractivity contribution in [2.75, 3.05) is 6.54 Å². The molecule has 3 rings (SSSR count). The maximum Gasteiger partial charge on any atom is 0.269 e. The third-order valence-electron chi connectivity index (χ3n) is 5.87. The van der Waals surface area contributed by atoms with E-state index in [2.05, 4.69) is 5.32 Å². The topological polar surface area (TPSA) is 104 Å². The van der Waals surface area contributed by atoms with Gasteiger partial charge in [0.05, 0.1) is 5.56 Å². The number of nitrogens with zero attached hydrogens (tertiary/aromatic N) is 2. The fourth-order valence-electron chi connectivity index (χ4n) is 4.12. The first kappa shape index (κ1) is 28.0. The van der Waals surface area contributed by atoms with E-state index in [4.69, 9.17) is 23.2 Å². The minimum atomic E-state index is -3.96. The average molecular weight is 554 g/mol. The molecule has 1 aliphatic rings. The van der Waals surface area contributed by atoms with E-state index in [1.807, 2.05) is 13.8 Å². The van der Waals surface area contributed by atoms with Gasteiger partial charge in [-0.05, 0) is 51.0 Å². The molecule has 0 bridgehead atoms. The molecule has 3 amide bonds. The van der Waals surface area contributed by atoms with E-state index in [0.717, 1.165) is 4.31 Å². The van der Waals surface area contributed by atoms with Crippen LogP contribution in [0.25, 0.3) is 0 Å². The van der Waals surface area contributed by atoms with Gasteiger partial charge < -0.3 is 10.2 Å². The van der Waals surface area contributed by atoms with Crippen LogP contribution in [0.1, 0.15) is 56.0 Å². The second-order valence-electron chi connectivity index (χ2n) is 8.79. The van der Waals surface area contributed by atoms with Gasteiger partial charge in [0.15, 0.2) is 0 Å². The highest BCUT2D eigenvalue weighted by Crippen LogP contribution is 2.31. The van der Waals surface area contributed by atoms with Gasteiger partial charge in [-0.15, -0.1) is 0 Å². The number of carbonyl (C=O) groups is 3. The summed E-state index contributed by atoms with van der Waals surface area (Å²) in [6.07, 6.45) is 0.358. The van der Waals surface area contributed by atoms with Gasteiger partial charge in [0.1, 0.15) is 10.9 Å². The predicted molar refractivity (Wildman–Crippen MR) is 138 cm³/mol. The van der Waals surface area contributed by atoms with Crippen molar-refractivity contribution >= 4 is 50.9 Å². The SMILES string of the molecule is CC[C@H](C(=O)NC(C)C)N(Cc1c(Cl)cccc1Cl)C(=O)CCCN1C(=O)c2ccccc2S1(=O)=O. The summed E-state index contributed by atoms with van der Waals surface area (Å²) < 4.78 is 26.4. The van der Waals surface area contributed by atoms with E-state index in [0.29, 0.717) is 22.0 Å². The number of benzene rings is 2. The third kappa shape index (κ3) is 5.85. The van der Waals surface area contributed by atoms with E-state index in [9.17, 15) is 22.8 Å². The van der Waals surface area contributed by atoms with Gasteiger partial charge in [-0.3, -0.25) is 14.4 Å². The highest BCUT2D eigenvalue weighted by atomic mass is 35.5. The number of carbonyl (C=O) groups excluding carboxylic acids is 3. The van der Waals surface area contributed by atoms with Crippen molar-refractivity contribution in [1.29, 1.82) is 0 Å². The van der Waals surface area contributed by atoms with Crippen molar-refractivity contribution < 1.29 is 22.8 Å². The third-order valence-corrected chi connectivity index (χ3v) is 8.42. The first-order valence-corrected chi connectivity index (χ1v) is 13.9. The Balaban J connectivity index is 1.79. The Kier molecular flexibility index (Phi) is 9.03. The maximum atomic E-state index is 13.4. The molecule has 1 aliphatic heterocycles. The number of halogens is 2. The molecule has 1 atom stereocenters. The number of amides is 3. The molecule has 0 unspecified atom stereocenters. The summed E-state index contributed by atoms with van der Waals surface area (Å²) >= 11 is 12.7. The number of fused-ring (bicyclic) bond motifs is 1. The van der Waals surface area contributed by atoms with E-state index in [1.165, 1.54) is 17.0 Å². The van der Waals surface area contributed by atoms with Crippen LogP contribution < -0.4 is 5.32 Å². The molecule has 0 aliphatic carbocycles. The minimum absolute atomic E-state index is 0.00769. The predicted octanol–water partition coefficient (Wildman–Crippen LogP) is 4.25. The van der Waals surface area contributed by atoms with Gasteiger partial charge in [-0.25, -0.2) is 12.7 Å². The normalized spacial score (nSPS) is 15.1. The zero-order valence-electron chi connectivity index (χ0n) is 20.3. The lowest BCUT2D eigenvalue weighted by Crippen LogP contribution is -2.50. The first-order valence-electron chi connectivity index (χ1n) is 11.7. The van der Waals surface area contributed by atoms with Crippen molar-refractivity contribution in [1.82, 2.24) is 14.5 Å². The zero-order valence-corrected chi connectivity index (χ0v) is 22.7. The van der Waals surface area contributed by atoms with Gasteiger partial charge in [-0.1, -0.05) is 48.3 Å². The fourth-order valence-corrected chi connectivity index (χ4v) is 6.25. The minimum Gasteiger partial charge on any atom is -0.352 e. The quantitative estimate of drug-likeness (QED) is 0.473. The van der Waals surface area contributed by atoms with Crippen LogP contribution in [0.2, 0.25) is 10.0 Å². The number of hydrogen-bond donors (Lipinski definition) is 1. The molecule has 0 radical (unpaired) electrons. The summed E-state index contributed by atoms with van der Waals surface area (Å²) in [5.74, 6) is -1.30. The molecular weight excluding hydrogens is 525 g/mol. The fraction of sp³-hybridized carbons (Fsp3) is 0.400. The molecule has 2 aromatic carbocycles. The van der Waals surface area contributed by atoms with Crippen LogP contribution in [0.5, 0.6) is 0 Å². The number of sulfonamides is 1. The molecule has 0 aromatic heterocycles. The Labute approximate surface area is 221 Å². The molecule has 11 heteroatoms. The lowest BCUT2D eigenvalue weighted by atomic mass is 10.1. The van der Waals surface area contributed by atoms with E-state index in [-0.39, 0.29) is 54.2 Å². The van der Waals surface area contributed by atoms with Gasteiger partial charge in [0.25, 0.3) is 15.9 Å². The Bertz CT molecular complexity index is 1250. The second kappa shape index (κ2) is 11.6. The average Bonchev–Trinajstić information content (AvgIpc) is 3.01. The van der Waals surface area contributed by atoms with Crippen molar-refractivity contribution in [3.63, 3.8) is 0 Å². The molecule has 0 saturated heterocycles. The summed E-state index contributed by atoms with van der Waals surface area (Å²) in [5, 5.41) is 3.57. The molecule has 0 fully saturated rings. The summed E-state index contributed by atoms with van der Waals surface area (Å²) in [5.41, 5.74) is 0.632. The van der Waals surface area contributed by atoms with Crippen LogP contribution in [-0.4, -0.2) is 54.0 Å². The van der Waals surface area contributed by atoms with Gasteiger partial charge in [0.2, 0.25) is 11.8 Å². The number of hydrogen-bond acceptors (Lipinski definition) is 5. The summed E-state index contributed by atoms with van der Waals surface area (Å²) in [6, 6.07) is 10.1. The van der Waals surface area contributed by atoms with Crippen molar-refractivity contribution in [3.05, 3.63) is 63.6 Å². The van der Waals surface area contributed by atoms with Crippen LogP contribution in [0.3, 0.4) is 0 Å². The van der Waals surface area contributed by atoms with Crippen LogP contribution in [0.15, 0.2) is 47.4 Å².